The van der Waals surface area contributed by atoms with E-state index in [0.717, 1.165) is 75.0 Å². The summed E-state index contributed by atoms with van der Waals surface area (Å²) in [4.78, 5) is 15.7. The topological polar surface area (TPSA) is 118 Å². The van der Waals surface area contributed by atoms with Crippen molar-refractivity contribution >= 4 is 21.9 Å². The van der Waals surface area contributed by atoms with Gasteiger partial charge in [-0.3, -0.25) is 4.79 Å². The summed E-state index contributed by atoms with van der Waals surface area (Å²) in [6.07, 6.45) is 5.47. The Morgan fingerprint density at radius 3 is 1.91 bits per heavy atom. The Bertz CT molecular complexity index is 1950. The predicted octanol–water partition coefficient (Wildman–Crippen LogP) is 9.98. The van der Waals surface area contributed by atoms with Crippen LogP contribution >= 0.6 is 15.9 Å². The number of hydrogen-bond donors (Lipinski definition) is 3. The molecule has 3 N–H and O–H groups in total. The molecule has 1 aromatic heterocycles. The number of halogens is 2. The van der Waals surface area contributed by atoms with Crippen LogP contribution < -0.4 is 14.2 Å². The van der Waals surface area contributed by atoms with Gasteiger partial charge in [0.25, 0.3) is 0 Å². The number of rotatable bonds is 15. The summed E-state index contributed by atoms with van der Waals surface area (Å²) < 4.78 is 33.3. The van der Waals surface area contributed by atoms with Crippen molar-refractivity contribution in [3.05, 3.63) is 104 Å². The highest BCUT2D eigenvalue weighted by atomic mass is 79.9. The van der Waals surface area contributed by atoms with Crippen LogP contribution in [0.3, 0.4) is 0 Å². The Balaban J connectivity index is 0.000000287. The number of carboxylic acids is 1. The van der Waals surface area contributed by atoms with Crippen LogP contribution in [0.15, 0.2) is 59.2 Å². The number of nitrogens with zero attached hydrogens (tertiary/aromatic N) is 1. The molecular formula is C45H55BrFNO7. The summed E-state index contributed by atoms with van der Waals surface area (Å²) >= 11 is 3.53. The van der Waals surface area contributed by atoms with E-state index in [4.69, 9.17) is 14.2 Å². The molecule has 3 aromatic carbocycles. The van der Waals surface area contributed by atoms with Gasteiger partial charge < -0.3 is 29.5 Å². The van der Waals surface area contributed by atoms with Crippen molar-refractivity contribution in [2.75, 3.05) is 13.2 Å². The van der Waals surface area contributed by atoms with Gasteiger partial charge in [0.05, 0.1) is 30.3 Å². The first kappa shape index (κ1) is 42.2. The second-order valence-corrected chi connectivity index (χ2v) is 17.2. The van der Waals surface area contributed by atoms with Crippen molar-refractivity contribution in [3.63, 3.8) is 0 Å². The largest absolute Gasteiger partial charge is 0.494 e. The molecule has 2 aliphatic rings. The molecule has 1 fully saturated rings. The molecular weight excluding hydrogens is 765 g/mol. The maximum Gasteiger partial charge on any atom is 0.307 e. The van der Waals surface area contributed by atoms with Gasteiger partial charge in [-0.1, -0.05) is 22.0 Å². The molecule has 296 valence electrons. The van der Waals surface area contributed by atoms with E-state index in [9.17, 15) is 24.5 Å². The van der Waals surface area contributed by atoms with Gasteiger partial charge in [0.15, 0.2) is 0 Å². The Labute approximate surface area is 333 Å². The first-order valence-electron chi connectivity index (χ1n) is 19.0. The van der Waals surface area contributed by atoms with Crippen LogP contribution in [0.2, 0.25) is 0 Å². The average molecular weight is 821 g/mol. The maximum atomic E-state index is 14.7. The van der Waals surface area contributed by atoms with E-state index in [1.54, 1.807) is 26.1 Å². The molecule has 0 unspecified atom stereocenters. The summed E-state index contributed by atoms with van der Waals surface area (Å²) in [7, 11) is 0. The molecule has 0 radical (unpaired) electrons. The fourth-order valence-electron chi connectivity index (χ4n) is 7.52. The number of hydrogen-bond acceptors (Lipinski definition) is 7. The molecule has 0 amide bonds. The van der Waals surface area contributed by atoms with Crippen LogP contribution in [0.4, 0.5) is 4.39 Å². The third kappa shape index (κ3) is 11.3. The lowest BCUT2D eigenvalue weighted by Gasteiger charge is -2.18. The summed E-state index contributed by atoms with van der Waals surface area (Å²) in [6, 6.07) is 14.9. The number of ether oxygens (including phenoxy) is 3. The van der Waals surface area contributed by atoms with E-state index >= 15 is 0 Å². The number of aliphatic carboxylic acids is 1. The van der Waals surface area contributed by atoms with Crippen molar-refractivity contribution in [2.45, 2.75) is 111 Å². The van der Waals surface area contributed by atoms with Crippen molar-refractivity contribution in [3.8, 4) is 28.5 Å². The minimum Gasteiger partial charge on any atom is -0.494 e. The molecule has 0 bridgehead atoms. The zero-order chi connectivity index (χ0) is 40.2. The number of aliphatic hydroxyl groups is 2. The Kier molecular flexibility index (Phi) is 13.4. The summed E-state index contributed by atoms with van der Waals surface area (Å²) in [5, 5.41) is 28.8. The first-order valence-corrected chi connectivity index (χ1v) is 19.8. The van der Waals surface area contributed by atoms with Crippen LogP contribution in [-0.4, -0.2) is 50.7 Å². The lowest BCUT2D eigenvalue weighted by molar-refractivity contribution is -0.139. The first-order chi connectivity index (χ1) is 25.8. The SMILES string of the molecule is Cc1cc(OCCCC(C)(C)O)cc(C)c1-c1ccc(F)c(COc2cc3c(cn2)[C@H]2[C@@H](C3)[C@@H]2C(=O)O)c1.Cc1cc(OCCCC(C)(C)O)cc(C)c1Br. The zero-order valence-electron chi connectivity index (χ0n) is 33.3. The van der Waals surface area contributed by atoms with Gasteiger partial charge in [0, 0.05) is 28.2 Å². The van der Waals surface area contributed by atoms with Gasteiger partial charge >= 0.3 is 5.97 Å². The fraction of sp³-hybridized carbons (Fsp3) is 0.467. The third-order valence-corrected chi connectivity index (χ3v) is 11.5. The minimum absolute atomic E-state index is 0.0383. The Morgan fingerprint density at radius 1 is 0.836 bits per heavy atom. The molecule has 2 aliphatic carbocycles. The normalized spacial score (nSPS) is 17.1. The number of carboxylic acid groups (broad SMARTS) is 1. The molecule has 0 spiro atoms. The molecule has 8 nitrogen and oxygen atoms in total. The fourth-order valence-corrected chi connectivity index (χ4v) is 7.75. The molecule has 4 aromatic rings. The number of pyridine rings is 1. The molecule has 0 aliphatic heterocycles. The minimum atomic E-state index is -0.740. The van der Waals surface area contributed by atoms with Crippen LogP contribution in [0.5, 0.6) is 17.4 Å². The second kappa shape index (κ2) is 17.4. The lowest BCUT2D eigenvalue weighted by atomic mass is 9.94. The van der Waals surface area contributed by atoms with Crippen LogP contribution in [0, 0.1) is 45.3 Å². The highest BCUT2D eigenvalue weighted by molar-refractivity contribution is 9.10. The molecule has 1 saturated carbocycles. The van der Waals surface area contributed by atoms with Crippen molar-refractivity contribution in [2.24, 2.45) is 11.8 Å². The van der Waals surface area contributed by atoms with Crippen molar-refractivity contribution in [1.29, 1.82) is 0 Å². The molecule has 10 heteroatoms. The molecule has 55 heavy (non-hydrogen) atoms. The molecule has 3 atom stereocenters. The van der Waals surface area contributed by atoms with E-state index < -0.39 is 17.2 Å². The smallest absolute Gasteiger partial charge is 0.307 e. The van der Waals surface area contributed by atoms with Gasteiger partial charge in [0.1, 0.15) is 23.9 Å². The lowest BCUT2D eigenvalue weighted by Crippen LogP contribution is -2.19. The maximum absolute atomic E-state index is 14.7. The number of benzene rings is 3. The van der Waals surface area contributed by atoms with Gasteiger partial charge in [-0.15, -0.1) is 0 Å². The zero-order valence-corrected chi connectivity index (χ0v) is 34.8. The number of carbonyl (C=O) groups is 1. The van der Waals surface area contributed by atoms with E-state index in [1.807, 2.05) is 64.1 Å². The number of fused-ring (bicyclic) bond motifs is 3. The van der Waals surface area contributed by atoms with Crippen molar-refractivity contribution in [1.82, 2.24) is 4.98 Å². The predicted molar refractivity (Wildman–Crippen MR) is 217 cm³/mol. The third-order valence-electron chi connectivity index (χ3n) is 10.3. The molecule has 0 saturated heterocycles. The van der Waals surface area contributed by atoms with E-state index in [2.05, 4.69) is 34.8 Å². The average Bonchev–Trinajstić information content (AvgIpc) is 3.68. The highest BCUT2D eigenvalue weighted by Crippen LogP contribution is 2.61. The van der Waals surface area contributed by atoms with Gasteiger partial charge in [-0.2, -0.15) is 0 Å². The van der Waals surface area contributed by atoms with E-state index in [-0.39, 0.29) is 30.2 Å². The quantitative estimate of drug-likeness (QED) is 0.102. The Morgan fingerprint density at radius 2 is 1.38 bits per heavy atom. The molecule has 6 rings (SSSR count). The summed E-state index contributed by atoms with van der Waals surface area (Å²) in [6.45, 7) is 16.6. The monoisotopic (exact) mass is 819 g/mol. The summed E-state index contributed by atoms with van der Waals surface area (Å²) in [5.74, 6) is 0.941. The van der Waals surface area contributed by atoms with Crippen LogP contribution in [0.1, 0.15) is 98.2 Å². The van der Waals surface area contributed by atoms with Crippen LogP contribution in [0.25, 0.3) is 11.1 Å². The van der Waals surface area contributed by atoms with Gasteiger partial charge in [-0.05, 0) is 174 Å². The summed E-state index contributed by atoms with van der Waals surface area (Å²) in [5.41, 5.74) is 7.55. The number of aryl methyl sites for hydroxylation is 4. The van der Waals surface area contributed by atoms with E-state index in [1.165, 1.54) is 17.2 Å². The van der Waals surface area contributed by atoms with E-state index in [0.29, 0.717) is 31.1 Å². The second-order valence-electron chi connectivity index (χ2n) is 16.4. The van der Waals surface area contributed by atoms with Crippen LogP contribution in [-0.2, 0) is 17.8 Å². The number of aromatic nitrogens is 1. The van der Waals surface area contributed by atoms with Gasteiger partial charge in [-0.25, -0.2) is 9.37 Å². The highest BCUT2D eigenvalue weighted by Gasteiger charge is 2.60. The standard InChI is InChI=1S/C31H34FNO5.C14H21BrO2/c1-17-10-22(37-9-5-8-31(3,4)36)11-18(2)27(17)19-6-7-25(32)21(12-19)16-38-26-14-20-13-23-28(24(20)15-33-26)29(23)30(34)35;1-10-8-12(9-11(2)13(10)15)17-7-5-6-14(3,4)16/h6-7,10-12,14-15,23,28-29,36H,5,8-9,13,16H2,1-4H3,(H,34,35);8-9,16H,5-7H2,1-4H3/t23-,28-,29+;/m1./s1. The van der Waals surface area contributed by atoms with Crippen molar-refractivity contribution < 1.29 is 38.7 Å². The Hall–Kier alpha value is -3.99. The molecule has 1 heterocycles. The van der Waals surface area contributed by atoms with Gasteiger partial charge in [0.2, 0.25) is 5.88 Å².